The maximum absolute atomic E-state index is 14.9. The predicted octanol–water partition coefficient (Wildman–Crippen LogP) is 3.45. The fraction of sp³-hybridized carbons (Fsp3) is 0.360. The Morgan fingerprint density at radius 1 is 1.11 bits per heavy atom. The van der Waals surface area contributed by atoms with Crippen molar-refractivity contribution in [3.8, 4) is 11.3 Å². The monoisotopic (exact) mass is 511 g/mol. The third kappa shape index (κ3) is 5.42. The van der Waals surface area contributed by atoms with Crippen molar-refractivity contribution in [3.63, 3.8) is 0 Å². The molecule has 4 heterocycles. The molecule has 0 fully saturated rings. The summed E-state index contributed by atoms with van der Waals surface area (Å²) in [6.45, 7) is 9.02. The first-order chi connectivity index (χ1) is 17.8. The lowest BCUT2D eigenvalue weighted by Crippen LogP contribution is -2.34. The molecule has 0 saturated carbocycles. The van der Waals surface area contributed by atoms with Crippen LogP contribution in [0, 0.1) is 18.6 Å². The highest BCUT2D eigenvalue weighted by Crippen LogP contribution is 2.30. The fourth-order valence-electron chi connectivity index (χ4n) is 4.72. The third-order valence-corrected chi connectivity index (χ3v) is 6.27. The molecule has 0 bridgehead atoms. The molecule has 0 atom stereocenters. The summed E-state index contributed by atoms with van der Waals surface area (Å²) in [5.41, 5.74) is 9.03. The van der Waals surface area contributed by atoms with Crippen LogP contribution in [-0.4, -0.2) is 54.2 Å². The van der Waals surface area contributed by atoms with Crippen LogP contribution in [0.5, 0.6) is 0 Å². The minimum atomic E-state index is -0.639. The largest absolute Gasteiger partial charge is 0.329 e. The number of hydrogen-bond acceptors (Lipinski definition) is 9. The van der Waals surface area contributed by atoms with Crippen LogP contribution in [0.2, 0.25) is 0 Å². The predicted molar refractivity (Wildman–Crippen MR) is 137 cm³/mol. The minimum Gasteiger partial charge on any atom is -0.329 e. The van der Waals surface area contributed by atoms with Crippen molar-refractivity contribution in [2.75, 3.05) is 25.0 Å². The SMILES string of the molecule is Cc1nc2c(F)cc(-c3nc(Nc4ccc5c(n4)CCN(CCN)C5)ncc3F)cc2n1C(C)C.NO. The van der Waals surface area contributed by atoms with Gasteiger partial charge in [0, 0.05) is 49.9 Å². The van der Waals surface area contributed by atoms with Gasteiger partial charge in [0.15, 0.2) is 11.6 Å². The Morgan fingerprint density at radius 3 is 2.62 bits per heavy atom. The van der Waals surface area contributed by atoms with E-state index in [4.69, 9.17) is 15.9 Å². The summed E-state index contributed by atoms with van der Waals surface area (Å²) >= 11 is 0. The zero-order valence-electron chi connectivity index (χ0n) is 21.0. The third-order valence-electron chi connectivity index (χ3n) is 6.27. The molecule has 0 spiro atoms. The number of imidazole rings is 1. The second-order valence-corrected chi connectivity index (χ2v) is 9.08. The van der Waals surface area contributed by atoms with Crippen molar-refractivity contribution in [2.24, 2.45) is 11.6 Å². The first-order valence-corrected chi connectivity index (χ1v) is 12.0. The Hall–Kier alpha value is -3.58. The maximum atomic E-state index is 14.9. The Morgan fingerprint density at radius 2 is 1.89 bits per heavy atom. The molecule has 0 unspecified atom stereocenters. The number of nitrogens with zero attached hydrogens (tertiary/aromatic N) is 6. The number of benzene rings is 1. The van der Waals surface area contributed by atoms with Crippen LogP contribution in [0.25, 0.3) is 22.3 Å². The van der Waals surface area contributed by atoms with Crippen molar-refractivity contribution in [1.82, 2.24) is 29.4 Å². The quantitative estimate of drug-likeness (QED) is 0.286. The Labute approximate surface area is 213 Å². The van der Waals surface area contributed by atoms with Crippen LogP contribution in [0.3, 0.4) is 0 Å². The lowest BCUT2D eigenvalue weighted by Gasteiger charge is -2.27. The normalized spacial score (nSPS) is 13.4. The van der Waals surface area contributed by atoms with E-state index >= 15 is 0 Å². The number of nitrogens with two attached hydrogens (primary N) is 2. The molecule has 1 aliphatic heterocycles. The molecule has 0 radical (unpaired) electrons. The van der Waals surface area contributed by atoms with Crippen LogP contribution in [-0.2, 0) is 13.0 Å². The highest BCUT2D eigenvalue weighted by Gasteiger charge is 2.20. The number of anilines is 2. The molecule has 0 saturated heterocycles. The Balaban J connectivity index is 0.00000156. The first kappa shape index (κ1) is 26.5. The molecule has 10 nitrogen and oxygen atoms in total. The molecule has 1 aliphatic rings. The fourth-order valence-corrected chi connectivity index (χ4v) is 4.72. The van der Waals surface area contributed by atoms with Gasteiger partial charge in [0.05, 0.1) is 11.7 Å². The number of aryl methyl sites for hydroxylation is 1. The van der Waals surface area contributed by atoms with E-state index in [-0.39, 0.29) is 23.2 Å². The number of halogens is 2. The van der Waals surface area contributed by atoms with E-state index in [9.17, 15) is 8.78 Å². The summed E-state index contributed by atoms with van der Waals surface area (Å²) < 4.78 is 31.6. The molecule has 1 aromatic carbocycles. The number of rotatable bonds is 6. The van der Waals surface area contributed by atoms with Gasteiger partial charge in [-0.25, -0.2) is 34.6 Å². The zero-order valence-corrected chi connectivity index (χ0v) is 21.0. The van der Waals surface area contributed by atoms with E-state index in [1.807, 2.05) is 37.5 Å². The van der Waals surface area contributed by atoms with E-state index in [0.29, 0.717) is 29.3 Å². The van der Waals surface area contributed by atoms with E-state index in [1.165, 1.54) is 6.07 Å². The van der Waals surface area contributed by atoms with E-state index in [2.05, 4.69) is 31.1 Å². The van der Waals surface area contributed by atoms with Crippen molar-refractivity contribution in [3.05, 3.63) is 59.2 Å². The number of nitrogens with one attached hydrogen (secondary N) is 1. The van der Waals surface area contributed by atoms with Crippen LogP contribution in [0.1, 0.15) is 37.0 Å². The van der Waals surface area contributed by atoms with Crippen LogP contribution < -0.4 is 16.9 Å². The van der Waals surface area contributed by atoms with Gasteiger partial charge in [-0.3, -0.25) is 4.90 Å². The van der Waals surface area contributed by atoms with Crippen molar-refractivity contribution >= 4 is 22.8 Å². The molecule has 0 amide bonds. The molecular weight excluding hydrogens is 480 g/mol. The number of pyridine rings is 1. The van der Waals surface area contributed by atoms with Gasteiger partial charge in [-0.15, -0.1) is 0 Å². The second kappa shape index (κ2) is 11.2. The van der Waals surface area contributed by atoms with Gasteiger partial charge in [-0.1, -0.05) is 6.07 Å². The van der Waals surface area contributed by atoms with E-state index in [0.717, 1.165) is 43.5 Å². The average Bonchev–Trinajstić information content (AvgIpc) is 3.23. The van der Waals surface area contributed by atoms with Crippen molar-refractivity contribution in [1.29, 1.82) is 0 Å². The van der Waals surface area contributed by atoms with Gasteiger partial charge in [-0.2, -0.15) is 0 Å². The molecule has 12 heteroatoms. The molecule has 37 heavy (non-hydrogen) atoms. The standard InChI is InChI=1S/C25H28F2N8.H3NO/c1-14(2)35-15(3)30-24-18(26)10-17(11-21(24)35)23-19(27)12-29-25(33-23)32-22-5-4-16-13-34(9-7-28)8-6-20(16)31-22;1-2/h4-5,10-12,14H,6-9,13,28H2,1-3H3,(H,29,31,32,33);2H,1H2. The molecular formula is C25H31F2N9O. The lowest BCUT2D eigenvalue weighted by molar-refractivity contribution is 0.259. The summed E-state index contributed by atoms with van der Waals surface area (Å²) in [4.78, 5) is 19.8. The van der Waals surface area contributed by atoms with Gasteiger partial charge in [0.1, 0.15) is 22.9 Å². The average molecular weight is 512 g/mol. The van der Waals surface area contributed by atoms with Crippen LogP contribution in [0.4, 0.5) is 20.5 Å². The summed E-state index contributed by atoms with van der Waals surface area (Å²) in [5, 5.41) is 9.57. The number of aromatic nitrogens is 5. The molecule has 196 valence electrons. The molecule has 5 rings (SSSR count). The van der Waals surface area contributed by atoms with Gasteiger partial charge in [-0.05, 0) is 44.5 Å². The van der Waals surface area contributed by atoms with Gasteiger partial charge < -0.3 is 20.8 Å². The minimum absolute atomic E-state index is 0.00726. The van der Waals surface area contributed by atoms with E-state index in [1.54, 1.807) is 6.07 Å². The van der Waals surface area contributed by atoms with Gasteiger partial charge >= 0.3 is 0 Å². The summed E-state index contributed by atoms with van der Waals surface area (Å²) in [6.07, 6.45) is 1.91. The number of fused-ring (bicyclic) bond motifs is 2. The van der Waals surface area contributed by atoms with Gasteiger partial charge in [0.2, 0.25) is 5.95 Å². The van der Waals surface area contributed by atoms with Crippen LogP contribution >= 0.6 is 0 Å². The van der Waals surface area contributed by atoms with Crippen LogP contribution in [0.15, 0.2) is 30.5 Å². The first-order valence-electron chi connectivity index (χ1n) is 12.0. The summed E-state index contributed by atoms with van der Waals surface area (Å²) in [5.74, 6) is 3.79. The molecule has 4 aromatic rings. The maximum Gasteiger partial charge on any atom is 0.229 e. The highest BCUT2D eigenvalue weighted by atomic mass is 19.1. The highest BCUT2D eigenvalue weighted by molar-refractivity contribution is 5.83. The van der Waals surface area contributed by atoms with E-state index < -0.39 is 11.6 Å². The molecule has 3 aromatic heterocycles. The lowest BCUT2D eigenvalue weighted by atomic mass is 10.1. The number of hydrogen-bond donors (Lipinski definition) is 4. The summed E-state index contributed by atoms with van der Waals surface area (Å²) in [6, 6.07) is 6.93. The topological polar surface area (TPSA) is 144 Å². The second-order valence-electron chi connectivity index (χ2n) is 9.08. The smallest absolute Gasteiger partial charge is 0.229 e. The molecule has 6 N–H and O–H groups in total. The Bertz CT molecular complexity index is 1410. The zero-order chi connectivity index (χ0) is 26.7. The molecule has 0 aliphatic carbocycles. The van der Waals surface area contributed by atoms with Crippen molar-refractivity contribution < 1.29 is 14.0 Å². The summed E-state index contributed by atoms with van der Waals surface area (Å²) in [7, 11) is 0. The Kier molecular flexibility index (Phi) is 8.03. The van der Waals surface area contributed by atoms with Crippen molar-refractivity contribution in [2.45, 2.75) is 39.8 Å². The van der Waals surface area contributed by atoms with Gasteiger partial charge in [0.25, 0.3) is 0 Å².